The van der Waals surface area contributed by atoms with Crippen LogP contribution < -0.4 is 21.5 Å². The zero-order valence-corrected chi connectivity index (χ0v) is 17.4. The van der Waals surface area contributed by atoms with Gasteiger partial charge in [0.15, 0.2) is 0 Å². The first kappa shape index (κ1) is 20.5. The summed E-state index contributed by atoms with van der Waals surface area (Å²) in [6.07, 6.45) is 0. The molecule has 1 aliphatic heterocycles. The number of para-hydroxylation sites is 1. The monoisotopic (exact) mass is 444 g/mol. The van der Waals surface area contributed by atoms with Crippen molar-refractivity contribution in [3.05, 3.63) is 66.2 Å². The van der Waals surface area contributed by atoms with Crippen LogP contribution in [0.15, 0.2) is 60.7 Å². The van der Waals surface area contributed by atoms with Crippen molar-refractivity contribution in [2.45, 2.75) is 36.8 Å². The lowest BCUT2D eigenvalue weighted by Crippen LogP contribution is -2.49. The smallest absolute Gasteiger partial charge is 0.251 e. The fourth-order valence-corrected chi connectivity index (χ4v) is 4.33. The van der Waals surface area contributed by atoms with E-state index < -0.39 is 12.1 Å². The molecule has 0 spiro atoms. The lowest BCUT2D eigenvalue weighted by molar-refractivity contribution is -0.127. The molecule has 2 aromatic carbocycles. The molecular formula is C21H25BrN4O2. The van der Waals surface area contributed by atoms with Gasteiger partial charge in [-0.2, -0.15) is 0 Å². The van der Waals surface area contributed by atoms with Crippen LogP contribution in [0.1, 0.15) is 25.5 Å². The van der Waals surface area contributed by atoms with Gasteiger partial charge in [0.25, 0.3) is 5.91 Å². The first-order chi connectivity index (χ1) is 13.5. The second-order valence-electron chi connectivity index (χ2n) is 7.19. The number of benzene rings is 2. The highest BCUT2D eigenvalue weighted by molar-refractivity contribution is 9.09. The molecule has 0 bridgehead atoms. The average Bonchev–Trinajstić information content (AvgIpc) is 3.09. The van der Waals surface area contributed by atoms with Crippen molar-refractivity contribution in [1.82, 2.24) is 16.2 Å². The number of amides is 2. The number of anilines is 1. The molecule has 4 unspecified atom stereocenters. The minimum atomic E-state index is -0.798. The molecule has 0 aromatic heterocycles. The van der Waals surface area contributed by atoms with E-state index in [2.05, 4.69) is 51.3 Å². The summed E-state index contributed by atoms with van der Waals surface area (Å²) in [5.41, 5.74) is 7.61. The molecule has 0 saturated carbocycles. The Hall–Kier alpha value is -2.22. The summed E-state index contributed by atoms with van der Waals surface area (Å²) in [7, 11) is 0. The van der Waals surface area contributed by atoms with E-state index in [0.29, 0.717) is 11.6 Å². The number of hydrazine groups is 1. The third kappa shape index (κ3) is 4.79. The Balaban J connectivity index is 1.76. The Morgan fingerprint density at radius 3 is 2.14 bits per heavy atom. The van der Waals surface area contributed by atoms with E-state index in [0.717, 1.165) is 5.56 Å². The molecule has 2 aromatic rings. The number of hydrogen-bond donors (Lipinski definition) is 4. The van der Waals surface area contributed by atoms with Crippen molar-refractivity contribution in [3.8, 4) is 0 Å². The molecule has 28 heavy (non-hydrogen) atoms. The highest BCUT2D eigenvalue weighted by Crippen LogP contribution is 2.23. The Morgan fingerprint density at radius 2 is 1.57 bits per heavy atom. The number of rotatable bonds is 6. The summed E-state index contributed by atoms with van der Waals surface area (Å²) in [5.74, 6) is -0.182. The number of nitrogens with one attached hydrogen (secondary N) is 4. The van der Waals surface area contributed by atoms with Crippen molar-refractivity contribution in [3.63, 3.8) is 0 Å². The zero-order chi connectivity index (χ0) is 20.1. The maximum Gasteiger partial charge on any atom is 0.251 e. The van der Waals surface area contributed by atoms with Crippen molar-refractivity contribution in [2.24, 2.45) is 5.92 Å². The van der Waals surface area contributed by atoms with Gasteiger partial charge in [-0.15, -0.1) is 0 Å². The lowest BCUT2D eigenvalue weighted by Gasteiger charge is -2.23. The standard InChI is InChI=1S/C21H25BrN4O2/c1-13(2)17-16(22)19(26-25-17)21(28)24-18(14-9-5-3-6-10-14)20(27)23-15-11-7-4-8-12-15/h3-13,16-19,25-26H,1-2H3,(H,23,27)(H,24,28). The molecule has 0 radical (unpaired) electrons. The van der Waals surface area contributed by atoms with Crippen molar-refractivity contribution < 1.29 is 9.59 Å². The van der Waals surface area contributed by atoms with Crippen LogP contribution >= 0.6 is 15.9 Å². The van der Waals surface area contributed by atoms with Gasteiger partial charge in [-0.3, -0.25) is 15.0 Å². The molecule has 1 aliphatic rings. The Morgan fingerprint density at radius 1 is 0.964 bits per heavy atom. The molecule has 3 rings (SSSR count). The minimum absolute atomic E-state index is 0.0823. The molecule has 1 saturated heterocycles. The maximum absolute atomic E-state index is 12.9. The van der Waals surface area contributed by atoms with Crippen LogP contribution in [0.25, 0.3) is 0 Å². The third-order valence-electron chi connectivity index (χ3n) is 4.79. The summed E-state index contributed by atoms with van der Waals surface area (Å²) in [6, 6.07) is 17.3. The largest absolute Gasteiger partial charge is 0.339 e. The third-order valence-corrected chi connectivity index (χ3v) is 5.89. The van der Waals surface area contributed by atoms with E-state index in [1.807, 2.05) is 60.7 Å². The van der Waals surface area contributed by atoms with Gasteiger partial charge in [0, 0.05) is 11.7 Å². The second-order valence-corrected chi connectivity index (χ2v) is 8.25. The van der Waals surface area contributed by atoms with Crippen LogP contribution in [0.2, 0.25) is 0 Å². The summed E-state index contributed by atoms with van der Waals surface area (Å²) in [6.45, 7) is 4.18. The van der Waals surface area contributed by atoms with Gasteiger partial charge in [-0.1, -0.05) is 78.3 Å². The number of halogens is 1. The molecule has 6 nitrogen and oxygen atoms in total. The van der Waals surface area contributed by atoms with Gasteiger partial charge in [0.05, 0.1) is 4.83 Å². The Kier molecular flexibility index (Phi) is 6.83. The summed E-state index contributed by atoms with van der Waals surface area (Å²) >= 11 is 3.62. The highest BCUT2D eigenvalue weighted by atomic mass is 79.9. The molecule has 148 valence electrons. The van der Waals surface area contributed by atoms with E-state index in [1.165, 1.54) is 0 Å². The molecule has 2 amide bonds. The van der Waals surface area contributed by atoms with Crippen LogP contribution in [0.4, 0.5) is 5.69 Å². The topological polar surface area (TPSA) is 82.3 Å². The summed E-state index contributed by atoms with van der Waals surface area (Å²) in [5, 5.41) is 5.77. The van der Waals surface area contributed by atoms with Crippen LogP contribution in [-0.2, 0) is 9.59 Å². The number of carbonyl (C=O) groups is 2. The van der Waals surface area contributed by atoms with E-state index in [9.17, 15) is 9.59 Å². The Bertz CT molecular complexity index is 801. The SMILES string of the molecule is CC(C)C1NNC(C(=O)NC(C(=O)Nc2ccccc2)c2ccccc2)C1Br. The predicted octanol–water partition coefficient (Wildman–Crippen LogP) is 2.75. The predicted molar refractivity (Wildman–Crippen MR) is 114 cm³/mol. The first-order valence-corrected chi connectivity index (χ1v) is 10.3. The molecular weight excluding hydrogens is 420 g/mol. The van der Waals surface area contributed by atoms with Crippen LogP contribution in [0.3, 0.4) is 0 Å². The van der Waals surface area contributed by atoms with Gasteiger partial charge in [-0.05, 0) is 23.6 Å². The van der Waals surface area contributed by atoms with Crippen LogP contribution in [0, 0.1) is 5.92 Å². The number of hydrogen-bond acceptors (Lipinski definition) is 4. The van der Waals surface area contributed by atoms with E-state index >= 15 is 0 Å². The van der Waals surface area contributed by atoms with E-state index in [1.54, 1.807) is 0 Å². The van der Waals surface area contributed by atoms with Gasteiger partial charge >= 0.3 is 0 Å². The second kappa shape index (κ2) is 9.32. The Labute approximate surface area is 173 Å². The maximum atomic E-state index is 12.9. The van der Waals surface area contributed by atoms with Crippen LogP contribution in [0.5, 0.6) is 0 Å². The number of alkyl halides is 1. The van der Waals surface area contributed by atoms with Gasteiger partial charge in [-0.25, -0.2) is 5.43 Å². The summed E-state index contributed by atoms with van der Waals surface area (Å²) < 4.78 is 0. The van der Waals surface area contributed by atoms with Gasteiger partial charge in [0.1, 0.15) is 12.1 Å². The molecule has 4 N–H and O–H groups in total. The van der Waals surface area contributed by atoms with Crippen molar-refractivity contribution in [1.29, 1.82) is 0 Å². The zero-order valence-electron chi connectivity index (χ0n) is 15.9. The van der Waals surface area contributed by atoms with Crippen LogP contribution in [-0.4, -0.2) is 28.7 Å². The molecule has 1 fully saturated rings. The van der Waals surface area contributed by atoms with E-state index in [4.69, 9.17) is 0 Å². The first-order valence-electron chi connectivity index (χ1n) is 9.33. The fourth-order valence-electron chi connectivity index (χ4n) is 3.21. The van der Waals surface area contributed by atoms with E-state index in [-0.39, 0.29) is 22.7 Å². The minimum Gasteiger partial charge on any atom is -0.339 e. The summed E-state index contributed by atoms with van der Waals surface area (Å²) in [4.78, 5) is 25.8. The molecule has 7 heteroatoms. The van der Waals surface area contributed by atoms with Crippen molar-refractivity contribution in [2.75, 3.05) is 5.32 Å². The molecule has 4 atom stereocenters. The normalized spacial score (nSPS) is 22.6. The quantitative estimate of drug-likeness (QED) is 0.516. The average molecular weight is 445 g/mol. The number of carbonyl (C=O) groups excluding carboxylic acids is 2. The highest BCUT2D eigenvalue weighted by Gasteiger charge is 2.40. The van der Waals surface area contributed by atoms with Gasteiger partial charge in [0.2, 0.25) is 5.91 Å². The van der Waals surface area contributed by atoms with Gasteiger partial charge < -0.3 is 10.6 Å². The lowest BCUT2D eigenvalue weighted by atomic mass is 9.98. The molecule has 0 aliphatic carbocycles. The van der Waals surface area contributed by atoms with Crippen molar-refractivity contribution >= 4 is 33.4 Å². The molecule has 1 heterocycles. The fraction of sp³-hybridized carbons (Fsp3) is 0.333.